The number of rotatable bonds is 7. The first-order valence-electron chi connectivity index (χ1n) is 15.4. The van der Waals surface area contributed by atoms with Gasteiger partial charge in [0, 0.05) is 42.0 Å². The summed E-state index contributed by atoms with van der Waals surface area (Å²) in [7, 11) is 3.68. The van der Waals surface area contributed by atoms with Crippen LogP contribution in [-0.2, 0) is 16.6 Å². The Balaban J connectivity index is 1.26. The van der Waals surface area contributed by atoms with Crippen molar-refractivity contribution in [2.45, 2.75) is 113 Å². The molecule has 2 spiro atoms. The van der Waals surface area contributed by atoms with E-state index in [4.69, 9.17) is 14.2 Å². The van der Waals surface area contributed by atoms with Gasteiger partial charge in [0.1, 0.15) is 11.7 Å². The molecule has 0 amide bonds. The van der Waals surface area contributed by atoms with Gasteiger partial charge < -0.3 is 19.3 Å². The lowest BCUT2D eigenvalue weighted by Gasteiger charge is -2.74. The summed E-state index contributed by atoms with van der Waals surface area (Å²) in [4.78, 5) is 2.89. The van der Waals surface area contributed by atoms with Crippen molar-refractivity contribution in [2.24, 2.45) is 23.2 Å². The van der Waals surface area contributed by atoms with E-state index in [2.05, 4.69) is 17.0 Å². The summed E-state index contributed by atoms with van der Waals surface area (Å²) < 4.78 is 19.7. The van der Waals surface area contributed by atoms with Crippen LogP contribution in [-0.4, -0.2) is 61.2 Å². The molecule has 6 fully saturated rings. The number of likely N-dealkylation sites (tertiary alicyclic amines) is 1. The van der Waals surface area contributed by atoms with Crippen LogP contribution in [0.3, 0.4) is 0 Å². The number of aliphatic hydroxyl groups excluding tert-OH is 1. The van der Waals surface area contributed by atoms with Crippen LogP contribution >= 0.6 is 0 Å². The van der Waals surface area contributed by atoms with E-state index in [0.717, 1.165) is 56.1 Å². The summed E-state index contributed by atoms with van der Waals surface area (Å²) in [5, 5.41) is 12.0. The molecular weight excluding hydrogens is 462 g/mol. The smallest absolute Gasteiger partial charge is 0.165 e. The molecule has 5 heteroatoms. The quantitative estimate of drug-likeness (QED) is 0.546. The molecule has 202 valence electrons. The van der Waals surface area contributed by atoms with Gasteiger partial charge in [-0.1, -0.05) is 38.2 Å². The first-order chi connectivity index (χ1) is 18.1. The highest BCUT2D eigenvalue weighted by Gasteiger charge is 2.81. The zero-order valence-electron chi connectivity index (χ0n) is 22.8. The Morgan fingerprint density at radius 1 is 1.05 bits per heavy atom. The Kier molecular flexibility index (Phi) is 5.17. The van der Waals surface area contributed by atoms with Crippen molar-refractivity contribution in [1.29, 1.82) is 0 Å². The Morgan fingerprint density at radius 3 is 2.65 bits per heavy atom. The minimum absolute atomic E-state index is 0.0233. The normalized spacial score (nSPS) is 42.8. The lowest BCUT2D eigenvalue weighted by molar-refractivity contribution is -0.291. The van der Waals surface area contributed by atoms with Crippen LogP contribution in [0.15, 0.2) is 12.1 Å². The van der Waals surface area contributed by atoms with Crippen LogP contribution in [0.5, 0.6) is 11.5 Å². The third-order valence-corrected chi connectivity index (χ3v) is 12.7. The lowest BCUT2D eigenvalue weighted by atomic mass is 9.34. The summed E-state index contributed by atoms with van der Waals surface area (Å²) in [6, 6.07) is 5.01. The SMILES string of the molecule is COc1ccc2c3c1O[C@H]1[C@@]4(OC)CC[C@@]5(C[C@@H]4[C@@H](O)CC4CCCCC4)[C@@H](C2)N(CC2CC2)CC[C@]315. The van der Waals surface area contributed by atoms with E-state index in [-0.39, 0.29) is 29.0 Å². The number of piperidine rings is 1. The van der Waals surface area contributed by atoms with Crippen LogP contribution < -0.4 is 9.47 Å². The van der Waals surface area contributed by atoms with Gasteiger partial charge in [-0.05, 0) is 81.4 Å². The van der Waals surface area contributed by atoms with E-state index >= 15 is 0 Å². The molecule has 2 aliphatic heterocycles. The molecule has 0 aromatic heterocycles. The number of nitrogens with zero attached hydrogens (tertiary/aromatic N) is 1. The van der Waals surface area contributed by atoms with E-state index in [1.54, 1.807) is 7.11 Å². The number of fused-ring (bicyclic) bond motifs is 2. The van der Waals surface area contributed by atoms with Crippen molar-refractivity contribution in [1.82, 2.24) is 4.90 Å². The van der Waals surface area contributed by atoms with Gasteiger partial charge in [0.15, 0.2) is 11.5 Å². The number of benzene rings is 1. The minimum atomic E-state index is -0.433. The average molecular weight is 508 g/mol. The average Bonchev–Trinajstić information content (AvgIpc) is 3.67. The Labute approximate surface area is 222 Å². The van der Waals surface area contributed by atoms with E-state index < -0.39 is 5.60 Å². The van der Waals surface area contributed by atoms with Crippen LogP contribution in [0.25, 0.3) is 0 Å². The maximum Gasteiger partial charge on any atom is 0.165 e. The van der Waals surface area contributed by atoms with Gasteiger partial charge in [-0.3, -0.25) is 4.90 Å². The minimum Gasteiger partial charge on any atom is -0.493 e. The molecule has 0 radical (unpaired) electrons. The molecule has 1 N–H and O–H groups in total. The fourth-order valence-corrected chi connectivity index (χ4v) is 11.0. The Bertz CT molecular complexity index is 1080. The van der Waals surface area contributed by atoms with E-state index in [1.807, 2.05) is 7.11 Å². The summed E-state index contributed by atoms with van der Waals surface area (Å²) in [6.07, 6.45) is 15.5. The monoisotopic (exact) mass is 507 g/mol. The van der Waals surface area contributed by atoms with Crippen molar-refractivity contribution >= 4 is 0 Å². The molecule has 5 saturated carbocycles. The molecule has 9 rings (SSSR count). The van der Waals surface area contributed by atoms with Crippen LogP contribution in [0.1, 0.15) is 88.2 Å². The van der Waals surface area contributed by atoms with Gasteiger partial charge in [-0.15, -0.1) is 0 Å². The fraction of sp³-hybridized carbons (Fsp3) is 0.812. The Morgan fingerprint density at radius 2 is 1.89 bits per heavy atom. The number of aliphatic hydroxyl groups is 1. The third-order valence-electron chi connectivity index (χ3n) is 12.7. The maximum absolute atomic E-state index is 12.0. The van der Waals surface area contributed by atoms with Gasteiger partial charge in [0.25, 0.3) is 0 Å². The first-order valence-corrected chi connectivity index (χ1v) is 15.4. The molecule has 1 aromatic carbocycles. The zero-order valence-corrected chi connectivity index (χ0v) is 22.8. The van der Waals surface area contributed by atoms with E-state index in [9.17, 15) is 5.11 Å². The third kappa shape index (κ3) is 2.92. The van der Waals surface area contributed by atoms with Crippen LogP contribution in [0, 0.1) is 23.2 Å². The molecule has 5 nitrogen and oxygen atoms in total. The number of hydrogen-bond donors (Lipinski definition) is 1. The highest BCUT2D eigenvalue weighted by molar-refractivity contribution is 5.63. The number of methoxy groups -OCH3 is 2. The first kappa shape index (κ1) is 23.6. The second-order valence-corrected chi connectivity index (χ2v) is 13.9. The summed E-state index contributed by atoms with van der Waals surface area (Å²) in [5.74, 6) is 3.56. The van der Waals surface area contributed by atoms with Crippen molar-refractivity contribution in [3.05, 3.63) is 23.3 Å². The Hall–Kier alpha value is -1.30. The molecule has 6 aliphatic carbocycles. The standard InChI is InChI=1S/C32H45NO4/c1-35-25-11-10-22-17-26-30-12-13-32(36-2,23(18-30)24(34)16-20-6-4-3-5-7-20)29-31(30,27(22)28(25)37-29)14-15-33(26)19-21-8-9-21/h10-11,20-21,23-24,26,29,34H,3-9,12-19H2,1-2H3/t23-,24+,26-,29-,30-,31+,32-/m1/s1. The molecule has 7 atom stereocenters. The van der Waals surface area contributed by atoms with Gasteiger partial charge in [-0.2, -0.15) is 0 Å². The van der Waals surface area contributed by atoms with Crippen molar-refractivity contribution in [2.75, 3.05) is 27.3 Å². The van der Waals surface area contributed by atoms with E-state index in [0.29, 0.717) is 12.0 Å². The largest absolute Gasteiger partial charge is 0.493 e. The molecular formula is C32H45NO4. The van der Waals surface area contributed by atoms with Crippen molar-refractivity contribution in [3.8, 4) is 11.5 Å². The summed E-state index contributed by atoms with van der Waals surface area (Å²) in [6.45, 7) is 2.42. The number of hydrogen-bond acceptors (Lipinski definition) is 5. The molecule has 8 aliphatic rings. The van der Waals surface area contributed by atoms with Crippen molar-refractivity contribution < 1.29 is 19.3 Å². The van der Waals surface area contributed by atoms with Crippen LogP contribution in [0.4, 0.5) is 0 Å². The molecule has 4 bridgehead atoms. The number of ether oxygens (including phenoxy) is 3. The second-order valence-electron chi connectivity index (χ2n) is 13.9. The summed E-state index contributed by atoms with van der Waals surface area (Å²) in [5.41, 5.74) is 2.63. The van der Waals surface area contributed by atoms with E-state index in [1.165, 1.54) is 69.0 Å². The maximum atomic E-state index is 12.0. The predicted octanol–water partition coefficient (Wildman–Crippen LogP) is 5.25. The van der Waals surface area contributed by atoms with Crippen molar-refractivity contribution in [3.63, 3.8) is 0 Å². The van der Waals surface area contributed by atoms with Gasteiger partial charge in [0.2, 0.25) is 0 Å². The second kappa shape index (κ2) is 8.11. The zero-order chi connectivity index (χ0) is 25.0. The van der Waals surface area contributed by atoms with Gasteiger partial charge in [-0.25, -0.2) is 0 Å². The lowest BCUT2D eigenvalue weighted by Crippen LogP contribution is -2.81. The topological polar surface area (TPSA) is 51.2 Å². The highest BCUT2D eigenvalue weighted by atomic mass is 16.6. The fourth-order valence-electron chi connectivity index (χ4n) is 11.0. The molecule has 37 heavy (non-hydrogen) atoms. The molecule has 1 aromatic rings. The van der Waals surface area contributed by atoms with Gasteiger partial charge in [0.05, 0.1) is 13.2 Å². The molecule has 2 heterocycles. The van der Waals surface area contributed by atoms with Crippen LogP contribution in [0.2, 0.25) is 0 Å². The van der Waals surface area contributed by atoms with Gasteiger partial charge >= 0.3 is 0 Å². The predicted molar refractivity (Wildman–Crippen MR) is 142 cm³/mol. The molecule has 0 unspecified atom stereocenters. The molecule has 1 saturated heterocycles. The highest BCUT2D eigenvalue weighted by Crippen LogP contribution is 2.77. The summed E-state index contributed by atoms with van der Waals surface area (Å²) >= 11 is 0.